The summed E-state index contributed by atoms with van der Waals surface area (Å²) in [6.45, 7) is 0. The van der Waals surface area contributed by atoms with Crippen LogP contribution in [-0.2, 0) is 6.42 Å². The van der Waals surface area contributed by atoms with Crippen molar-refractivity contribution in [2.24, 2.45) is 0 Å². The molecule has 2 aliphatic rings. The summed E-state index contributed by atoms with van der Waals surface area (Å²) in [5.74, 6) is -1.26. The van der Waals surface area contributed by atoms with Crippen LogP contribution in [0.1, 0.15) is 31.2 Å². The van der Waals surface area contributed by atoms with E-state index in [9.17, 15) is 13.2 Å². The van der Waals surface area contributed by atoms with Gasteiger partial charge in [-0.25, -0.2) is 13.2 Å². The first kappa shape index (κ1) is 12.0. The number of rotatable bonds is 2. The minimum absolute atomic E-state index is 0.0494. The van der Waals surface area contributed by atoms with Crippen LogP contribution in [0.5, 0.6) is 0 Å². The van der Waals surface area contributed by atoms with Crippen LogP contribution >= 0.6 is 0 Å². The Hall–Kier alpha value is -1.03. The third-order valence-corrected chi connectivity index (χ3v) is 4.08. The maximum absolute atomic E-state index is 14.8. The van der Waals surface area contributed by atoms with E-state index in [1.165, 1.54) is 12.1 Å². The van der Waals surface area contributed by atoms with Gasteiger partial charge in [-0.3, -0.25) is 0 Å². The molecule has 1 N–H and O–H groups in total. The molecule has 0 spiro atoms. The van der Waals surface area contributed by atoms with Gasteiger partial charge in [0, 0.05) is 24.6 Å². The summed E-state index contributed by atoms with van der Waals surface area (Å²) in [6.07, 6.45) is 2.92. The molecule has 0 saturated carbocycles. The maximum atomic E-state index is 14.8. The fourth-order valence-corrected chi connectivity index (χ4v) is 3.34. The number of hydrogen-bond donors (Lipinski definition) is 1. The van der Waals surface area contributed by atoms with Crippen LogP contribution in [-0.4, -0.2) is 17.8 Å². The first-order chi connectivity index (χ1) is 8.54. The van der Waals surface area contributed by atoms with Gasteiger partial charge in [-0.15, -0.1) is 0 Å². The molecule has 1 nitrogen and oxygen atoms in total. The summed E-state index contributed by atoms with van der Waals surface area (Å²) in [5, 5.41) is 3.36. The fraction of sp³-hybridized carbons (Fsp3) is 0.571. The predicted octanol–water partition coefficient (Wildman–Crippen LogP) is 3.13. The third kappa shape index (κ3) is 2.26. The molecule has 98 valence electrons. The molecule has 2 unspecified atom stereocenters. The van der Waals surface area contributed by atoms with Gasteiger partial charge >= 0.3 is 0 Å². The standard InChI is InChI=1S/C14H16F3N/c15-10-2-1-9(13(16)5-10)6-14(17)7-11-3-4-12(8-14)18-11/h1-2,5,11-12,18H,3-4,6-8H2. The zero-order valence-electron chi connectivity index (χ0n) is 10.1. The summed E-state index contributed by atoms with van der Waals surface area (Å²) in [7, 11) is 0. The first-order valence-corrected chi connectivity index (χ1v) is 6.43. The van der Waals surface area contributed by atoms with Crippen molar-refractivity contribution in [3.8, 4) is 0 Å². The van der Waals surface area contributed by atoms with Crippen molar-refractivity contribution in [1.29, 1.82) is 0 Å². The molecule has 2 aliphatic heterocycles. The van der Waals surface area contributed by atoms with Gasteiger partial charge in [0.2, 0.25) is 0 Å². The second-order valence-corrected chi connectivity index (χ2v) is 5.61. The van der Waals surface area contributed by atoms with E-state index < -0.39 is 17.3 Å². The van der Waals surface area contributed by atoms with E-state index in [2.05, 4.69) is 5.32 Å². The molecule has 2 atom stereocenters. The summed E-state index contributed by atoms with van der Waals surface area (Å²) < 4.78 is 41.2. The molecule has 2 fully saturated rings. The lowest BCUT2D eigenvalue weighted by Gasteiger charge is -2.35. The topological polar surface area (TPSA) is 12.0 Å². The van der Waals surface area contributed by atoms with Crippen molar-refractivity contribution in [2.75, 3.05) is 0 Å². The van der Waals surface area contributed by atoms with Gasteiger partial charge in [-0.05, 0) is 37.3 Å². The van der Waals surface area contributed by atoms with Crippen LogP contribution in [0.25, 0.3) is 0 Å². The molecule has 2 saturated heterocycles. The second-order valence-electron chi connectivity index (χ2n) is 5.61. The third-order valence-electron chi connectivity index (χ3n) is 4.08. The highest BCUT2D eigenvalue weighted by Crippen LogP contribution is 2.39. The highest BCUT2D eigenvalue weighted by atomic mass is 19.1. The quantitative estimate of drug-likeness (QED) is 0.856. The van der Waals surface area contributed by atoms with E-state index in [1.54, 1.807) is 0 Å². The average Bonchev–Trinajstić information content (AvgIpc) is 2.63. The number of nitrogens with one attached hydrogen (secondary N) is 1. The number of piperidine rings is 1. The second kappa shape index (κ2) is 4.26. The number of alkyl halides is 1. The van der Waals surface area contributed by atoms with Gasteiger partial charge < -0.3 is 5.32 Å². The first-order valence-electron chi connectivity index (χ1n) is 6.43. The van der Waals surface area contributed by atoms with Gasteiger partial charge in [0.15, 0.2) is 0 Å². The van der Waals surface area contributed by atoms with Crippen molar-refractivity contribution >= 4 is 0 Å². The summed E-state index contributed by atoms with van der Waals surface area (Å²) in [5.41, 5.74) is -1.07. The number of fused-ring (bicyclic) bond motifs is 2. The van der Waals surface area contributed by atoms with Crippen molar-refractivity contribution in [1.82, 2.24) is 5.32 Å². The molecule has 0 aromatic heterocycles. The van der Waals surface area contributed by atoms with E-state index in [0.717, 1.165) is 18.9 Å². The SMILES string of the molecule is Fc1ccc(CC2(F)CC3CCC(C2)N3)c(F)c1. The average molecular weight is 255 g/mol. The van der Waals surface area contributed by atoms with Crippen LogP contribution in [0.4, 0.5) is 13.2 Å². The number of halogens is 3. The van der Waals surface area contributed by atoms with E-state index in [-0.39, 0.29) is 24.1 Å². The van der Waals surface area contributed by atoms with Crippen molar-refractivity contribution < 1.29 is 13.2 Å². The molecule has 0 amide bonds. The van der Waals surface area contributed by atoms with Crippen LogP contribution in [0.2, 0.25) is 0 Å². The highest BCUT2D eigenvalue weighted by Gasteiger charge is 2.44. The Labute approximate surface area is 104 Å². The number of benzene rings is 1. The monoisotopic (exact) mass is 255 g/mol. The normalized spacial score (nSPS) is 34.8. The molecule has 4 heteroatoms. The largest absolute Gasteiger partial charge is 0.311 e. The van der Waals surface area contributed by atoms with Gasteiger partial charge in [0.25, 0.3) is 0 Å². The minimum Gasteiger partial charge on any atom is -0.311 e. The van der Waals surface area contributed by atoms with Crippen molar-refractivity contribution in [3.05, 3.63) is 35.4 Å². The molecule has 1 aromatic carbocycles. The van der Waals surface area contributed by atoms with Crippen LogP contribution in [0.15, 0.2) is 18.2 Å². The zero-order valence-corrected chi connectivity index (χ0v) is 10.1. The van der Waals surface area contributed by atoms with Crippen LogP contribution < -0.4 is 5.32 Å². The van der Waals surface area contributed by atoms with Gasteiger partial charge in [0.1, 0.15) is 17.3 Å². The van der Waals surface area contributed by atoms with E-state index in [1.807, 2.05) is 0 Å². The Morgan fingerprint density at radius 2 is 1.83 bits per heavy atom. The summed E-state index contributed by atoms with van der Waals surface area (Å²) in [6, 6.07) is 3.82. The van der Waals surface area contributed by atoms with Crippen LogP contribution in [0.3, 0.4) is 0 Å². The lowest BCUT2D eigenvalue weighted by Crippen LogP contribution is -2.47. The smallest absolute Gasteiger partial charge is 0.129 e. The zero-order chi connectivity index (χ0) is 12.8. The van der Waals surface area contributed by atoms with Gasteiger partial charge in [-0.1, -0.05) is 6.07 Å². The molecule has 2 heterocycles. The Bertz CT molecular complexity index is 448. The fourth-order valence-electron chi connectivity index (χ4n) is 3.34. The number of hydrogen-bond acceptors (Lipinski definition) is 1. The molecule has 0 radical (unpaired) electrons. The Kier molecular flexibility index (Phi) is 2.85. The Morgan fingerprint density at radius 1 is 1.17 bits per heavy atom. The lowest BCUT2D eigenvalue weighted by molar-refractivity contribution is 0.0883. The molecular formula is C14H16F3N. The van der Waals surface area contributed by atoms with Crippen LogP contribution in [0, 0.1) is 11.6 Å². The van der Waals surface area contributed by atoms with Crippen molar-refractivity contribution in [2.45, 2.75) is 49.9 Å². The summed E-state index contributed by atoms with van der Waals surface area (Å²) in [4.78, 5) is 0. The maximum Gasteiger partial charge on any atom is 0.129 e. The molecular weight excluding hydrogens is 239 g/mol. The molecule has 18 heavy (non-hydrogen) atoms. The molecule has 2 bridgehead atoms. The van der Waals surface area contributed by atoms with E-state index >= 15 is 0 Å². The highest BCUT2D eigenvalue weighted by molar-refractivity contribution is 5.21. The van der Waals surface area contributed by atoms with Crippen molar-refractivity contribution in [3.63, 3.8) is 0 Å². The Balaban J connectivity index is 1.79. The lowest BCUT2D eigenvalue weighted by atomic mass is 9.84. The van der Waals surface area contributed by atoms with E-state index in [4.69, 9.17) is 0 Å². The van der Waals surface area contributed by atoms with E-state index in [0.29, 0.717) is 12.8 Å². The molecule has 3 rings (SSSR count). The minimum atomic E-state index is -1.35. The summed E-state index contributed by atoms with van der Waals surface area (Å²) >= 11 is 0. The van der Waals surface area contributed by atoms with Gasteiger partial charge in [0.05, 0.1) is 0 Å². The molecule has 0 aliphatic carbocycles. The Morgan fingerprint density at radius 3 is 2.44 bits per heavy atom. The predicted molar refractivity (Wildman–Crippen MR) is 63.1 cm³/mol. The molecule has 1 aromatic rings. The van der Waals surface area contributed by atoms with Gasteiger partial charge in [-0.2, -0.15) is 0 Å².